The quantitative estimate of drug-likeness (QED) is 0.393. The summed E-state index contributed by atoms with van der Waals surface area (Å²) in [6.45, 7) is 1.78. The number of nitrogens with zero attached hydrogens (tertiary/aromatic N) is 3. The van der Waals surface area contributed by atoms with Gasteiger partial charge in [-0.2, -0.15) is 18.2 Å². The van der Waals surface area contributed by atoms with Gasteiger partial charge in [0.05, 0.1) is 21.5 Å². The van der Waals surface area contributed by atoms with Gasteiger partial charge in [0.1, 0.15) is 5.82 Å². The Balaban J connectivity index is 1.98. The second-order valence-corrected chi connectivity index (χ2v) is 7.96. The number of aromatic nitrogens is 3. The van der Waals surface area contributed by atoms with E-state index in [-0.39, 0.29) is 16.7 Å². The zero-order chi connectivity index (χ0) is 23.0. The van der Waals surface area contributed by atoms with Crippen LogP contribution in [0.1, 0.15) is 24.2 Å². The normalized spacial score (nSPS) is 12.7. The van der Waals surface area contributed by atoms with E-state index < -0.39 is 23.3 Å². The molecule has 4 rings (SSSR count). The van der Waals surface area contributed by atoms with E-state index in [0.29, 0.717) is 21.7 Å². The van der Waals surface area contributed by atoms with Crippen molar-refractivity contribution in [2.24, 2.45) is 0 Å². The van der Waals surface area contributed by atoms with Crippen LogP contribution in [0.3, 0.4) is 0 Å². The summed E-state index contributed by atoms with van der Waals surface area (Å²) in [5.41, 5.74) is 4.85. The highest BCUT2D eigenvalue weighted by Gasteiger charge is 2.34. The highest BCUT2D eigenvalue weighted by Crippen LogP contribution is 2.35. The molecule has 4 aromatic rings. The topological polar surface area (TPSA) is 85.8 Å². The summed E-state index contributed by atoms with van der Waals surface area (Å²) < 4.78 is 42.8. The molecular weight excluding hydrogens is 487 g/mol. The van der Waals surface area contributed by atoms with Crippen molar-refractivity contribution >= 4 is 38.5 Å². The molecule has 0 aliphatic carbocycles. The molecule has 1 atom stereocenters. The molecule has 2 aromatic carbocycles. The summed E-state index contributed by atoms with van der Waals surface area (Å²) >= 11 is 3.34. The molecule has 6 nitrogen and oxygen atoms in total. The fraction of sp³-hybridized carbons (Fsp3) is 0.136. The van der Waals surface area contributed by atoms with Crippen LogP contribution < -0.4 is 16.6 Å². The third-order valence-electron chi connectivity index (χ3n) is 4.95. The minimum absolute atomic E-state index is 0.0525. The van der Waals surface area contributed by atoms with E-state index in [1.54, 1.807) is 43.3 Å². The molecule has 0 saturated carbocycles. The van der Waals surface area contributed by atoms with Crippen LogP contribution in [-0.4, -0.2) is 14.5 Å². The van der Waals surface area contributed by atoms with Gasteiger partial charge in [-0.25, -0.2) is 4.98 Å². The minimum atomic E-state index is -4.66. The Morgan fingerprint density at radius 3 is 2.53 bits per heavy atom. The molecule has 0 aliphatic rings. The number of alkyl halides is 3. The molecule has 0 saturated heterocycles. The van der Waals surface area contributed by atoms with Gasteiger partial charge in [-0.15, -0.1) is 0 Å². The van der Waals surface area contributed by atoms with Crippen LogP contribution in [-0.2, 0) is 6.18 Å². The summed E-state index contributed by atoms with van der Waals surface area (Å²) in [4.78, 5) is 21.5. The number of anilines is 2. The first-order valence-electron chi connectivity index (χ1n) is 9.52. The maximum absolute atomic E-state index is 13.7. The Morgan fingerprint density at radius 2 is 1.84 bits per heavy atom. The van der Waals surface area contributed by atoms with E-state index in [4.69, 9.17) is 5.73 Å². The number of nitrogens with one attached hydrogen (secondary N) is 1. The van der Waals surface area contributed by atoms with Crippen LogP contribution in [0, 0.1) is 0 Å². The second kappa shape index (κ2) is 8.27. The number of rotatable bonds is 4. The molecule has 0 aliphatic heterocycles. The maximum Gasteiger partial charge on any atom is 0.417 e. The monoisotopic (exact) mass is 503 g/mol. The summed E-state index contributed by atoms with van der Waals surface area (Å²) in [6, 6.07) is 13.3. The molecular formula is C22H17BrF3N5O. The molecule has 0 spiro atoms. The van der Waals surface area contributed by atoms with Crippen molar-refractivity contribution in [1.82, 2.24) is 14.5 Å². The predicted octanol–water partition coefficient (Wildman–Crippen LogP) is 5.32. The molecule has 32 heavy (non-hydrogen) atoms. The van der Waals surface area contributed by atoms with E-state index in [9.17, 15) is 18.0 Å². The van der Waals surface area contributed by atoms with Gasteiger partial charge >= 0.3 is 6.18 Å². The molecule has 1 unspecified atom stereocenters. The summed E-state index contributed by atoms with van der Waals surface area (Å²) in [6.07, 6.45) is -3.18. The standard InChI is InChI=1S/C22H17BrF3N5O/c1-12(29-19-16(23)11-28-21(27)30-19)17-10-13-6-5-9-15(22(24,25)26)18(13)20(32)31(17)14-7-3-2-4-8-14/h2-12H,1H3,(H3,27,28,29,30). The van der Waals surface area contributed by atoms with Crippen LogP contribution >= 0.6 is 15.9 Å². The zero-order valence-electron chi connectivity index (χ0n) is 16.7. The SMILES string of the molecule is CC(Nc1nc(N)ncc1Br)c1cc2cccc(C(F)(F)F)c2c(=O)n1-c1ccccc1. The third kappa shape index (κ3) is 4.05. The summed E-state index contributed by atoms with van der Waals surface area (Å²) in [7, 11) is 0. The number of hydrogen-bond acceptors (Lipinski definition) is 5. The van der Waals surface area contributed by atoms with Gasteiger partial charge in [0.2, 0.25) is 5.95 Å². The molecule has 3 N–H and O–H groups in total. The largest absolute Gasteiger partial charge is 0.417 e. The Kier molecular flexibility index (Phi) is 5.64. The van der Waals surface area contributed by atoms with Crippen molar-refractivity contribution in [2.45, 2.75) is 19.1 Å². The van der Waals surface area contributed by atoms with E-state index >= 15 is 0 Å². The number of benzene rings is 2. The fourth-order valence-electron chi connectivity index (χ4n) is 3.54. The van der Waals surface area contributed by atoms with E-state index in [0.717, 1.165) is 6.07 Å². The highest BCUT2D eigenvalue weighted by molar-refractivity contribution is 9.10. The fourth-order valence-corrected chi connectivity index (χ4v) is 3.85. The molecule has 2 aromatic heterocycles. The highest BCUT2D eigenvalue weighted by atomic mass is 79.9. The first-order chi connectivity index (χ1) is 15.2. The zero-order valence-corrected chi connectivity index (χ0v) is 18.3. The van der Waals surface area contributed by atoms with Crippen molar-refractivity contribution < 1.29 is 13.2 Å². The van der Waals surface area contributed by atoms with Crippen molar-refractivity contribution in [3.63, 3.8) is 0 Å². The second-order valence-electron chi connectivity index (χ2n) is 7.10. The molecule has 0 amide bonds. The maximum atomic E-state index is 13.7. The number of nitrogens with two attached hydrogens (primary N) is 1. The number of hydrogen-bond donors (Lipinski definition) is 2. The Morgan fingerprint density at radius 1 is 1.12 bits per heavy atom. The van der Waals surface area contributed by atoms with E-state index in [1.165, 1.54) is 22.9 Å². The molecule has 0 radical (unpaired) electrons. The average molecular weight is 504 g/mol. The third-order valence-corrected chi connectivity index (χ3v) is 5.53. The summed E-state index contributed by atoms with van der Waals surface area (Å²) in [5.74, 6) is 0.442. The number of nitrogen functional groups attached to an aromatic ring is 1. The van der Waals surface area contributed by atoms with Crippen LogP contribution in [0.15, 0.2) is 70.1 Å². The van der Waals surface area contributed by atoms with Crippen LogP contribution in [0.5, 0.6) is 0 Å². The lowest BCUT2D eigenvalue weighted by molar-refractivity contribution is -0.136. The van der Waals surface area contributed by atoms with Crippen molar-refractivity contribution in [3.05, 3.63) is 86.9 Å². The van der Waals surface area contributed by atoms with E-state index in [2.05, 4.69) is 31.2 Å². The number of pyridine rings is 1. The predicted molar refractivity (Wildman–Crippen MR) is 121 cm³/mol. The van der Waals surface area contributed by atoms with E-state index in [1.807, 2.05) is 0 Å². The van der Waals surface area contributed by atoms with Gasteiger partial charge in [0.25, 0.3) is 5.56 Å². The minimum Gasteiger partial charge on any atom is -0.368 e. The van der Waals surface area contributed by atoms with Crippen LogP contribution in [0.25, 0.3) is 16.5 Å². The Labute approximate surface area is 189 Å². The number of halogens is 4. The van der Waals surface area contributed by atoms with Crippen molar-refractivity contribution in [3.8, 4) is 5.69 Å². The van der Waals surface area contributed by atoms with Gasteiger partial charge in [0, 0.05) is 17.6 Å². The summed E-state index contributed by atoms with van der Waals surface area (Å²) in [5, 5.41) is 2.97. The van der Waals surface area contributed by atoms with Crippen molar-refractivity contribution in [1.29, 1.82) is 0 Å². The lowest BCUT2D eigenvalue weighted by Crippen LogP contribution is -2.27. The van der Waals surface area contributed by atoms with Gasteiger partial charge in [-0.1, -0.05) is 30.3 Å². The van der Waals surface area contributed by atoms with Crippen LogP contribution in [0.4, 0.5) is 24.9 Å². The average Bonchev–Trinajstić information content (AvgIpc) is 2.75. The lowest BCUT2D eigenvalue weighted by Gasteiger charge is -2.22. The van der Waals surface area contributed by atoms with Gasteiger partial charge in [-0.05, 0) is 52.5 Å². The van der Waals surface area contributed by atoms with Gasteiger partial charge in [-0.3, -0.25) is 9.36 Å². The van der Waals surface area contributed by atoms with Gasteiger partial charge in [0.15, 0.2) is 0 Å². The molecule has 0 fully saturated rings. The first-order valence-corrected chi connectivity index (χ1v) is 10.3. The smallest absolute Gasteiger partial charge is 0.368 e. The number of para-hydroxylation sites is 1. The van der Waals surface area contributed by atoms with Gasteiger partial charge < -0.3 is 11.1 Å². The lowest BCUT2D eigenvalue weighted by atomic mass is 10.0. The number of fused-ring (bicyclic) bond motifs is 1. The van der Waals surface area contributed by atoms with Crippen LogP contribution in [0.2, 0.25) is 0 Å². The Bertz CT molecular complexity index is 1360. The molecule has 10 heteroatoms. The molecule has 2 heterocycles. The first kappa shape index (κ1) is 21.8. The molecule has 164 valence electrons. The molecule has 0 bridgehead atoms. The van der Waals surface area contributed by atoms with Crippen molar-refractivity contribution in [2.75, 3.05) is 11.1 Å². The Hall–Kier alpha value is -3.40.